The first-order valence-corrected chi connectivity index (χ1v) is 9.95. The monoisotopic (exact) mass is 342 g/mol. The summed E-state index contributed by atoms with van der Waals surface area (Å²) < 4.78 is 4.48. The van der Waals surface area contributed by atoms with Crippen molar-refractivity contribution in [3.63, 3.8) is 0 Å². The predicted octanol–water partition coefficient (Wildman–Crippen LogP) is 5.31. The van der Waals surface area contributed by atoms with Crippen LogP contribution in [-0.4, -0.2) is 23.1 Å². The lowest BCUT2D eigenvalue weighted by Crippen LogP contribution is -2.08. The Hall–Kier alpha value is -0.900. The normalized spacial score (nSPS) is 12.1. The number of carbonyl (C=O) groups is 2. The molecular weight excluding hydrogens is 304 g/mol. The Morgan fingerprint density at radius 3 is 1.75 bits per heavy atom. The summed E-state index contributed by atoms with van der Waals surface area (Å²) in [6.07, 6.45) is 16.0. The Kier molecular flexibility index (Phi) is 16.3. The molecule has 0 aliphatic rings. The van der Waals surface area contributed by atoms with Gasteiger partial charge in [0.2, 0.25) is 0 Å². The lowest BCUT2D eigenvalue weighted by Gasteiger charge is -2.10. The number of hydrogen-bond acceptors (Lipinski definition) is 4. The zero-order valence-corrected chi connectivity index (χ0v) is 15.9. The fourth-order valence-electron chi connectivity index (χ4n) is 2.87. The van der Waals surface area contributed by atoms with E-state index in [0.717, 1.165) is 44.9 Å². The minimum atomic E-state index is -0.522. The summed E-state index contributed by atoms with van der Waals surface area (Å²) in [7, 11) is 0. The lowest BCUT2D eigenvalue weighted by molar-refractivity contribution is -0.158. The van der Waals surface area contributed by atoms with Crippen molar-refractivity contribution in [1.29, 1.82) is 0 Å². The molecule has 0 bridgehead atoms. The largest absolute Gasteiger partial charge is 0.393 e. The SMILES string of the molecule is CCCCCC[C@@H](O)CCCCCCCCCCC(=O)OC(C)=O. The van der Waals surface area contributed by atoms with Crippen molar-refractivity contribution in [3.05, 3.63) is 0 Å². The van der Waals surface area contributed by atoms with Crippen molar-refractivity contribution in [2.24, 2.45) is 0 Å². The molecule has 0 radical (unpaired) electrons. The van der Waals surface area contributed by atoms with Crippen LogP contribution in [0, 0.1) is 0 Å². The standard InChI is InChI=1S/C20H38O4/c1-3-4-5-12-15-19(22)16-13-10-8-6-7-9-11-14-17-20(23)24-18(2)21/h19,22H,3-17H2,1-2H3/t19-/m1/s1. The van der Waals surface area contributed by atoms with Gasteiger partial charge in [-0.25, -0.2) is 0 Å². The van der Waals surface area contributed by atoms with Crippen LogP contribution in [0.25, 0.3) is 0 Å². The first-order chi connectivity index (χ1) is 11.6. The fraction of sp³-hybridized carbons (Fsp3) is 0.900. The molecule has 0 aliphatic heterocycles. The Labute approximate surface area is 148 Å². The Bertz CT molecular complexity index is 315. The molecule has 0 aromatic carbocycles. The first-order valence-electron chi connectivity index (χ1n) is 9.95. The molecule has 1 N–H and O–H groups in total. The van der Waals surface area contributed by atoms with Crippen LogP contribution in [0.2, 0.25) is 0 Å². The molecule has 142 valence electrons. The molecule has 0 amide bonds. The van der Waals surface area contributed by atoms with Gasteiger partial charge in [-0.3, -0.25) is 9.59 Å². The van der Waals surface area contributed by atoms with Crippen LogP contribution in [0.3, 0.4) is 0 Å². The van der Waals surface area contributed by atoms with Crippen molar-refractivity contribution in [1.82, 2.24) is 0 Å². The molecule has 0 aliphatic carbocycles. The van der Waals surface area contributed by atoms with Crippen LogP contribution >= 0.6 is 0 Å². The van der Waals surface area contributed by atoms with E-state index >= 15 is 0 Å². The van der Waals surface area contributed by atoms with E-state index in [9.17, 15) is 14.7 Å². The number of aliphatic hydroxyl groups is 1. The summed E-state index contributed by atoms with van der Waals surface area (Å²) in [6.45, 7) is 3.46. The third kappa shape index (κ3) is 17.5. The van der Waals surface area contributed by atoms with Crippen molar-refractivity contribution in [3.8, 4) is 0 Å². The summed E-state index contributed by atoms with van der Waals surface area (Å²) in [4.78, 5) is 21.7. The van der Waals surface area contributed by atoms with Crippen LogP contribution in [-0.2, 0) is 14.3 Å². The van der Waals surface area contributed by atoms with Crippen LogP contribution < -0.4 is 0 Å². The van der Waals surface area contributed by atoms with Crippen LogP contribution in [0.15, 0.2) is 0 Å². The van der Waals surface area contributed by atoms with E-state index in [1.54, 1.807) is 0 Å². The highest BCUT2D eigenvalue weighted by molar-refractivity contribution is 5.83. The predicted molar refractivity (Wildman–Crippen MR) is 97.7 cm³/mol. The van der Waals surface area contributed by atoms with Gasteiger partial charge in [-0.1, -0.05) is 77.6 Å². The number of aliphatic hydroxyl groups excluding tert-OH is 1. The third-order valence-electron chi connectivity index (χ3n) is 4.32. The number of unbranched alkanes of at least 4 members (excludes halogenated alkanes) is 10. The zero-order valence-electron chi connectivity index (χ0n) is 15.9. The number of carbonyl (C=O) groups excluding carboxylic acids is 2. The van der Waals surface area contributed by atoms with E-state index in [1.165, 1.54) is 51.9 Å². The topological polar surface area (TPSA) is 63.6 Å². The lowest BCUT2D eigenvalue weighted by atomic mass is 10.0. The Morgan fingerprint density at radius 2 is 1.25 bits per heavy atom. The number of rotatable bonds is 16. The maximum absolute atomic E-state index is 11.2. The van der Waals surface area contributed by atoms with Crippen LogP contribution in [0.4, 0.5) is 0 Å². The van der Waals surface area contributed by atoms with E-state index < -0.39 is 11.9 Å². The van der Waals surface area contributed by atoms with E-state index in [2.05, 4.69) is 11.7 Å². The molecule has 24 heavy (non-hydrogen) atoms. The second-order valence-corrected chi connectivity index (χ2v) is 6.84. The van der Waals surface area contributed by atoms with E-state index in [-0.39, 0.29) is 6.10 Å². The molecule has 0 aromatic heterocycles. The quantitative estimate of drug-likeness (QED) is 0.234. The summed E-state index contributed by atoms with van der Waals surface area (Å²) in [5.41, 5.74) is 0. The molecule has 0 saturated heterocycles. The molecule has 0 spiro atoms. The Balaban J connectivity index is 3.22. The smallest absolute Gasteiger partial charge is 0.313 e. The highest BCUT2D eigenvalue weighted by Gasteiger charge is 2.05. The van der Waals surface area contributed by atoms with Gasteiger partial charge in [0.15, 0.2) is 0 Å². The molecular formula is C20H38O4. The molecule has 4 nitrogen and oxygen atoms in total. The van der Waals surface area contributed by atoms with E-state index in [1.807, 2.05) is 0 Å². The maximum atomic E-state index is 11.2. The summed E-state index contributed by atoms with van der Waals surface area (Å²) in [5.74, 6) is -0.929. The Morgan fingerprint density at radius 1 is 0.792 bits per heavy atom. The summed E-state index contributed by atoms with van der Waals surface area (Å²) in [5, 5.41) is 9.89. The van der Waals surface area contributed by atoms with Crippen molar-refractivity contribution in [2.45, 2.75) is 116 Å². The highest BCUT2D eigenvalue weighted by Crippen LogP contribution is 2.14. The maximum Gasteiger partial charge on any atom is 0.313 e. The molecule has 0 fully saturated rings. The van der Waals surface area contributed by atoms with Crippen LogP contribution in [0.1, 0.15) is 110 Å². The first kappa shape index (κ1) is 23.1. The van der Waals surface area contributed by atoms with Gasteiger partial charge >= 0.3 is 11.9 Å². The number of ether oxygens (including phenoxy) is 1. The summed E-state index contributed by atoms with van der Waals surface area (Å²) >= 11 is 0. The molecule has 0 heterocycles. The number of esters is 2. The second-order valence-electron chi connectivity index (χ2n) is 6.84. The molecule has 4 heteroatoms. The highest BCUT2D eigenvalue weighted by atomic mass is 16.6. The molecule has 0 unspecified atom stereocenters. The average molecular weight is 343 g/mol. The second kappa shape index (κ2) is 16.9. The van der Waals surface area contributed by atoms with Gasteiger partial charge in [0.1, 0.15) is 0 Å². The van der Waals surface area contributed by atoms with Gasteiger partial charge < -0.3 is 9.84 Å². The fourth-order valence-corrected chi connectivity index (χ4v) is 2.87. The zero-order chi connectivity index (χ0) is 18.0. The van der Waals surface area contributed by atoms with E-state index in [4.69, 9.17) is 0 Å². The van der Waals surface area contributed by atoms with Gasteiger partial charge in [-0.2, -0.15) is 0 Å². The third-order valence-corrected chi connectivity index (χ3v) is 4.32. The van der Waals surface area contributed by atoms with Crippen LogP contribution in [0.5, 0.6) is 0 Å². The molecule has 0 aromatic rings. The molecule has 0 rings (SSSR count). The van der Waals surface area contributed by atoms with Gasteiger partial charge in [0, 0.05) is 13.3 Å². The average Bonchev–Trinajstić information content (AvgIpc) is 2.52. The van der Waals surface area contributed by atoms with Gasteiger partial charge in [0.25, 0.3) is 0 Å². The summed E-state index contributed by atoms with van der Waals surface area (Å²) in [6, 6.07) is 0. The number of hydrogen-bond donors (Lipinski definition) is 1. The minimum absolute atomic E-state index is 0.100. The minimum Gasteiger partial charge on any atom is -0.393 e. The van der Waals surface area contributed by atoms with Gasteiger partial charge in [-0.15, -0.1) is 0 Å². The van der Waals surface area contributed by atoms with Crippen molar-refractivity contribution >= 4 is 11.9 Å². The van der Waals surface area contributed by atoms with Gasteiger partial charge in [-0.05, 0) is 19.3 Å². The van der Waals surface area contributed by atoms with Crippen molar-refractivity contribution in [2.75, 3.05) is 0 Å². The van der Waals surface area contributed by atoms with E-state index in [0.29, 0.717) is 6.42 Å². The molecule has 1 atom stereocenters. The van der Waals surface area contributed by atoms with Gasteiger partial charge in [0.05, 0.1) is 6.10 Å². The molecule has 0 saturated carbocycles. The van der Waals surface area contributed by atoms with Crippen molar-refractivity contribution < 1.29 is 19.4 Å².